The average molecular weight is 336 g/mol. The summed E-state index contributed by atoms with van der Waals surface area (Å²) in [5.74, 6) is -0.421. The number of hydrogen-bond acceptors (Lipinski definition) is 6. The summed E-state index contributed by atoms with van der Waals surface area (Å²) in [5.41, 5.74) is 1.08. The molecule has 0 aromatic carbocycles. The normalized spacial score (nSPS) is 24.4. The van der Waals surface area contributed by atoms with Gasteiger partial charge in [-0.3, -0.25) is 9.69 Å². The number of esters is 1. The maximum Gasteiger partial charge on any atom is 0.338 e. The van der Waals surface area contributed by atoms with E-state index in [9.17, 15) is 9.59 Å². The number of thiophene rings is 1. The quantitative estimate of drug-likeness (QED) is 0.796. The number of aliphatic imine (C=N–C) groups is 1. The highest BCUT2D eigenvalue weighted by atomic mass is 32.2. The summed E-state index contributed by atoms with van der Waals surface area (Å²) in [6.07, 6.45) is 0. The molecule has 3 heterocycles. The van der Waals surface area contributed by atoms with Crippen molar-refractivity contribution in [3.8, 4) is 0 Å². The number of allylic oxidation sites excluding steroid dienone is 1. The van der Waals surface area contributed by atoms with E-state index < -0.39 is 12.0 Å². The van der Waals surface area contributed by atoms with E-state index in [1.807, 2.05) is 24.4 Å². The predicted octanol–water partition coefficient (Wildman–Crippen LogP) is 2.96. The van der Waals surface area contributed by atoms with Gasteiger partial charge in [0.15, 0.2) is 5.17 Å². The number of rotatable bonds is 3. The molecule has 2 aliphatic heterocycles. The van der Waals surface area contributed by atoms with E-state index in [2.05, 4.69) is 4.99 Å². The first kappa shape index (κ1) is 15.3. The lowest BCUT2D eigenvalue weighted by Gasteiger charge is -2.31. The Hall–Kier alpha value is -1.60. The number of amides is 1. The van der Waals surface area contributed by atoms with Gasteiger partial charge in [-0.2, -0.15) is 0 Å². The van der Waals surface area contributed by atoms with Crippen LogP contribution in [0.1, 0.15) is 31.7 Å². The van der Waals surface area contributed by atoms with Crippen molar-refractivity contribution in [2.45, 2.75) is 32.1 Å². The molecule has 5 nitrogen and oxygen atoms in total. The molecule has 0 N–H and O–H groups in total. The highest BCUT2D eigenvalue weighted by Gasteiger charge is 2.46. The summed E-state index contributed by atoms with van der Waals surface area (Å²) in [6.45, 7) is 5.72. The van der Waals surface area contributed by atoms with Crippen LogP contribution in [0.3, 0.4) is 0 Å². The van der Waals surface area contributed by atoms with Crippen molar-refractivity contribution in [1.29, 1.82) is 0 Å². The molecule has 7 heteroatoms. The van der Waals surface area contributed by atoms with E-state index in [-0.39, 0.29) is 11.2 Å². The van der Waals surface area contributed by atoms with Gasteiger partial charge < -0.3 is 4.74 Å². The zero-order valence-corrected chi connectivity index (χ0v) is 14.2. The Labute approximate surface area is 137 Å². The molecule has 1 aromatic rings. The smallest absolute Gasteiger partial charge is 0.338 e. The van der Waals surface area contributed by atoms with Gasteiger partial charge in [-0.1, -0.05) is 17.8 Å². The van der Waals surface area contributed by atoms with E-state index >= 15 is 0 Å². The Morgan fingerprint density at radius 2 is 2.27 bits per heavy atom. The van der Waals surface area contributed by atoms with Crippen molar-refractivity contribution in [2.24, 2.45) is 4.99 Å². The molecule has 0 spiro atoms. The van der Waals surface area contributed by atoms with Crippen LogP contribution in [-0.2, 0) is 14.3 Å². The molecule has 1 fully saturated rings. The van der Waals surface area contributed by atoms with Crippen LogP contribution in [0.4, 0.5) is 0 Å². The van der Waals surface area contributed by atoms with E-state index in [1.165, 1.54) is 23.1 Å². The van der Waals surface area contributed by atoms with Gasteiger partial charge in [0, 0.05) is 4.88 Å². The van der Waals surface area contributed by atoms with Crippen molar-refractivity contribution in [1.82, 2.24) is 4.90 Å². The van der Waals surface area contributed by atoms with Gasteiger partial charge in [-0.25, -0.2) is 9.79 Å². The number of carbonyl (C=O) groups excluding carboxylic acids is 2. The van der Waals surface area contributed by atoms with Gasteiger partial charge in [0.2, 0.25) is 5.91 Å². The molecular weight excluding hydrogens is 320 g/mol. The number of carbonyl (C=O) groups is 2. The van der Waals surface area contributed by atoms with E-state index in [1.54, 1.807) is 18.7 Å². The fourth-order valence-electron chi connectivity index (χ4n) is 2.59. The van der Waals surface area contributed by atoms with Gasteiger partial charge in [0.25, 0.3) is 0 Å². The first-order chi connectivity index (χ1) is 10.5. The molecular formula is C15H16N2O3S2. The average Bonchev–Trinajstić information content (AvgIpc) is 3.07. The summed E-state index contributed by atoms with van der Waals surface area (Å²) >= 11 is 2.96. The first-order valence-electron chi connectivity index (χ1n) is 7.04. The molecule has 1 aromatic heterocycles. The first-order valence-corrected chi connectivity index (χ1v) is 8.80. The van der Waals surface area contributed by atoms with Crippen LogP contribution < -0.4 is 0 Å². The summed E-state index contributed by atoms with van der Waals surface area (Å²) in [5, 5.41) is 2.42. The standard InChI is InChI=1S/C15H16N2O3S2/c1-4-20-14(19)11-8(2)16-15-17(13(18)9(3)22-15)12(11)10-6-5-7-21-10/h5-7,9,12H,4H2,1-3H3/t9-,12-/m1/s1. The number of ether oxygens (including phenoxy) is 1. The van der Waals surface area contributed by atoms with Crippen molar-refractivity contribution in [2.75, 3.05) is 6.61 Å². The lowest BCUT2D eigenvalue weighted by atomic mass is 10.0. The Balaban J connectivity index is 2.12. The topological polar surface area (TPSA) is 59.0 Å². The number of thioether (sulfide) groups is 1. The minimum Gasteiger partial charge on any atom is -0.463 e. The number of hydrogen-bond donors (Lipinski definition) is 0. The molecule has 1 saturated heterocycles. The molecule has 0 unspecified atom stereocenters. The van der Waals surface area contributed by atoms with Gasteiger partial charge in [0.05, 0.1) is 23.1 Å². The van der Waals surface area contributed by atoms with Crippen LogP contribution in [0.2, 0.25) is 0 Å². The van der Waals surface area contributed by atoms with Crippen molar-refractivity contribution >= 4 is 40.1 Å². The lowest BCUT2D eigenvalue weighted by Crippen LogP contribution is -2.40. The monoisotopic (exact) mass is 336 g/mol. The molecule has 0 saturated carbocycles. The van der Waals surface area contributed by atoms with E-state index in [0.717, 1.165) is 4.88 Å². The summed E-state index contributed by atoms with van der Waals surface area (Å²) in [4.78, 5) is 32.0. The number of nitrogens with zero attached hydrogens (tertiary/aromatic N) is 2. The fourth-order valence-corrected chi connectivity index (χ4v) is 4.44. The van der Waals surface area contributed by atoms with Crippen LogP contribution in [0.25, 0.3) is 0 Å². The van der Waals surface area contributed by atoms with Gasteiger partial charge in [-0.15, -0.1) is 11.3 Å². The van der Waals surface area contributed by atoms with Crippen molar-refractivity contribution in [3.05, 3.63) is 33.7 Å². The minimum atomic E-state index is -0.434. The zero-order chi connectivity index (χ0) is 15.9. The van der Waals surface area contributed by atoms with Gasteiger partial charge in [0.1, 0.15) is 6.04 Å². The second kappa shape index (κ2) is 5.89. The number of fused-ring (bicyclic) bond motifs is 1. The Morgan fingerprint density at radius 3 is 2.91 bits per heavy atom. The predicted molar refractivity (Wildman–Crippen MR) is 87.7 cm³/mol. The maximum absolute atomic E-state index is 12.5. The van der Waals surface area contributed by atoms with Gasteiger partial charge in [-0.05, 0) is 32.2 Å². The zero-order valence-electron chi connectivity index (χ0n) is 12.5. The summed E-state index contributed by atoms with van der Waals surface area (Å²) < 4.78 is 5.18. The van der Waals surface area contributed by atoms with Gasteiger partial charge >= 0.3 is 5.97 Å². The van der Waals surface area contributed by atoms with Crippen molar-refractivity contribution < 1.29 is 14.3 Å². The summed E-state index contributed by atoms with van der Waals surface area (Å²) in [6, 6.07) is 3.42. The Kier molecular flexibility index (Phi) is 4.10. The third-order valence-corrected chi connectivity index (χ3v) is 5.54. The van der Waals surface area contributed by atoms with Crippen LogP contribution in [0.5, 0.6) is 0 Å². The minimum absolute atomic E-state index is 0.0172. The molecule has 0 bridgehead atoms. The highest BCUT2D eigenvalue weighted by Crippen LogP contribution is 2.44. The molecule has 2 atom stereocenters. The van der Waals surface area contributed by atoms with E-state index in [0.29, 0.717) is 23.0 Å². The molecule has 22 heavy (non-hydrogen) atoms. The second-order valence-corrected chi connectivity index (χ2v) is 7.29. The van der Waals surface area contributed by atoms with Crippen LogP contribution in [0.15, 0.2) is 33.8 Å². The van der Waals surface area contributed by atoms with E-state index in [4.69, 9.17) is 4.74 Å². The molecule has 0 radical (unpaired) electrons. The van der Waals surface area contributed by atoms with Crippen LogP contribution in [0, 0.1) is 0 Å². The fraction of sp³-hybridized carbons (Fsp3) is 0.400. The molecule has 3 rings (SSSR count). The molecule has 1 amide bonds. The molecule has 0 aliphatic carbocycles. The SMILES string of the molecule is CCOC(=O)C1=C(C)N=C2S[C@H](C)C(=O)N2[C@@H]1c1cccs1. The summed E-state index contributed by atoms with van der Waals surface area (Å²) in [7, 11) is 0. The maximum atomic E-state index is 12.5. The largest absolute Gasteiger partial charge is 0.463 e. The van der Waals surface area contributed by atoms with Crippen LogP contribution in [-0.4, -0.2) is 33.8 Å². The highest BCUT2D eigenvalue weighted by molar-refractivity contribution is 8.15. The number of amidine groups is 1. The third kappa shape index (κ3) is 2.38. The lowest BCUT2D eigenvalue weighted by molar-refractivity contribution is -0.139. The Bertz CT molecular complexity index is 679. The third-order valence-electron chi connectivity index (χ3n) is 3.57. The molecule has 116 valence electrons. The second-order valence-electron chi connectivity index (χ2n) is 5.00. The molecule has 2 aliphatic rings. The Morgan fingerprint density at radius 1 is 1.50 bits per heavy atom. The van der Waals surface area contributed by atoms with Crippen molar-refractivity contribution in [3.63, 3.8) is 0 Å². The van der Waals surface area contributed by atoms with Crippen LogP contribution >= 0.6 is 23.1 Å².